The molecule has 14 heavy (non-hydrogen) atoms. The minimum absolute atomic E-state index is 0.185. The maximum absolute atomic E-state index is 9.79. The summed E-state index contributed by atoms with van der Waals surface area (Å²) in [6, 6.07) is 0.185. The Morgan fingerprint density at radius 1 is 1.50 bits per heavy atom. The molecule has 0 aromatic rings. The summed E-state index contributed by atoms with van der Waals surface area (Å²) < 4.78 is 0. The molecule has 2 nitrogen and oxygen atoms in total. The van der Waals surface area contributed by atoms with E-state index < -0.39 is 0 Å². The van der Waals surface area contributed by atoms with Gasteiger partial charge < -0.3 is 5.11 Å². The largest absolute Gasteiger partial charge is 0.392 e. The first-order valence-corrected chi connectivity index (χ1v) is 5.55. The van der Waals surface area contributed by atoms with Crippen LogP contribution in [0.2, 0.25) is 0 Å². The number of hydrogen-bond donors (Lipinski definition) is 2. The van der Waals surface area contributed by atoms with Crippen molar-refractivity contribution in [3.63, 3.8) is 0 Å². The van der Waals surface area contributed by atoms with Crippen LogP contribution in [0.15, 0.2) is 0 Å². The van der Waals surface area contributed by atoms with Crippen molar-refractivity contribution in [1.82, 2.24) is 5.32 Å². The van der Waals surface area contributed by atoms with Crippen molar-refractivity contribution in [3.05, 3.63) is 0 Å². The van der Waals surface area contributed by atoms with E-state index in [4.69, 9.17) is 6.42 Å². The molecule has 0 radical (unpaired) electrons. The third kappa shape index (κ3) is 2.73. The lowest BCUT2D eigenvalue weighted by molar-refractivity contribution is 0.0798. The molecule has 0 aliphatic heterocycles. The molecular formula is C12H21NO. The highest BCUT2D eigenvalue weighted by Gasteiger charge is 2.29. The van der Waals surface area contributed by atoms with Crippen LogP contribution in [0.4, 0.5) is 0 Å². The highest BCUT2D eigenvalue weighted by atomic mass is 16.3. The van der Waals surface area contributed by atoms with Crippen LogP contribution in [-0.4, -0.2) is 22.8 Å². The van der Waals surface area contributed by atoms with Gasteiger partial charge in [0.25, 0.3) is 0 Å². The molecule has 0 bridgehead atoms. The third-order valence-electron chi connectivity index (χ3n) is 3.26. The molecule has 3 atom stereocenters. The van der Waals surface area contributed by atoms with E-state index in [0.717, 1.165) is 25.7 Å². The molecule has 0 heterocycles. The Labute approximate surface area is 87.1 Å². The van der Waals surface area contributed by atoms with E-state index in [2.05, 4.69) is 18.2 Å². The zero-order valence-corrected chi connectivity index (χ0v) is 9.21. The van der Waals surface area contributed by atoms with E-state index in [9.17, 15) is 5.11 Å². The number of aliphatic hydroxyl groups excluding tert-OH is 1. The van der Waals surface area contributed by atoms with Gasteiger partial charge in [-0.3, -0.25) is 5.32 Å². The Bertz CT molecular complexity index is 221. The second-order valence-electron chi connectivity index (χ2n) is 4.43. The van der Waals surface area contributed by atoms with Crippen molar-refractivity contribution in [3.8, 4) is 12.3 Å². The lowest BCUT2D eigenvalue weighted by atomic mass is 9.89. The SMILES string of the molecule is C#CC(C)(CC)NC1CCCCC1O. The number of aliphatic hydroxyl groups is 1. The van der Waals surface area contributed by atoms with Crippen LogP contribution in [0.3, 0.4) is 0 Å². The summed E-state index contributed by atoms with van der Waals surface area (Å²) in [6.45, 7) is 4.09. The summed E-state index contributed by atoms with van der Waals surface area (Å²) in [7, 11) is 0. The fourth-order valence-corrected chi connectivity index (χ4v) is 1.93. The van der Waals surface area contributed by atoms with Gasteiger partial charge in [0.05, 0.1) is 11.6 Å². The zero-order valence-electron chi connectivity index (χ0n) is 9.21. The molecule has 0 saturated heterocycles. The van der Waals surface area contributed by atoms with Crippen LogP contribution in [0, 0.1) is 12.3 Å². The molecule has 1 rings (SSSR count). The molecule has 1 aliphatic rings. The molecule has 2 heteroatoms. The second kappa shape index (κ2) is 4.82. The van der Waals surface area contributed by atoms with Crippen LogP contribution in [-0.2, 0) is 0 Å². The molecule has 2 N–H and O–H groups in total. The number of rotatable bonds is 3. The first-order chi connectivity index (χ1) is 6.61. The molecule has 0 aromatic carbocycles. The number of terminal acetylenes is 1. The molecule has 0 spiro atoms. The van der Waals surface area contributed by atoms with Crippen molar-refractivity contribution in [1.29, 1.82) is 0 Å². The average Bonchev–Trinajstić information content (AvgIpc) is 2.21. The van der Waals surface area contributed by atoms with E-state index in [1.807, 2.05) is 6.92 Å². The average molecular weight is 195 g/mol. The minimum atomic E-state index is -0.261. The van der Waals surface area contributed by atoms with Gasteiger partial charge in [-0.25, -0.2) is 0 Å². The van der Waals surface area contributed by atoms with E-state index in [1.165, 1.54) is 6.42 Å². The number of nitrogens with one attached hydrogen (secondary N) is 1. The predicted octanol–water partition coefficient (Wildman–Crippen LogP) is 1.68. The first-order valence-electron chi connectivity index (χ1n) is 5.55. The van der Waals surface area contributed by atoms with Gasteiger partial charge in [-0.2, -0.15) is 0 Å². The summed E-state index contributed by atoms with van der Waals surface area (Å²) in [6.07, 6.45) is 10.4. The van der Waals surface area contributed by atoms with Crippen LogP contribution >= 0.6 is 0 Å². The van der Waals surface area contributed by atoms with Crippen molar-refractivity contribution in [2.75, 3.05) is 0 Å². The summed E-state index contributed by atoms with van der Waals surface area (Å²) in [4.78, 5) is 0. The summed E-state index contributed by atoms with van der Waals surface area (Å²) in [5.41, 5.74) is -0.261. The maximum atomic E-state index is 9.79. The van der Waals surface area contributed by atoms with Gasteiger partial charge >= 0.3 is 0 Å². The fourth-order valence-electron chi connectivity index (χ4n) is 1.93. The molecule has 1 fully saturated rings. The van der Waals surface area contributed by atoms with Crippen LogP contribution in [0.1, 0.15) is 46.0 Å². The van der Waals surface area contributed by atoms with Crippen LogP contribution in [0.5, 0.6) is 0 Å². The van der Waals surface area contributed by atoms with E-state index in [1.54, 1.807) is 0 Å². The molecular weight excluding hydrogens is 174 g/mol. The third-order valence-corrected chi connectivity index (χ3v) is 3.26. The maximum Gasteiger partial charge on any atom is 0.0770 e. The Morgan fingerprint density at radius 2 is 2.14 bits per heavy atom. The smallest absolute Gasteiger partial charge is 0.0770 e. The van der Waals surface area contributed by atoms with Gasteiger partial charge in [0.1, 0.15) is 0 Å². The lowest BCUT2D eigenvalue weighted by Gasteiger charge is -2.35. The molecule has 0 amide bonds. The van der Waals surface area contributed by atoms with Gasteiger partial charge in [0, 0.05) is 6.04 Å². The monoisotopic (exact) mass is 195 g/mol. The Kier molecular flexibility index (Phi) is 3.97. The van der Waals surface area contributed by atoms with Gasteiger partial charge in [-0.05, 0) is 26.2 Å². The van der Waals surface area contributed by atoms with E-state index in [0.29, 0.717) is 0 Å². The van der Waals surface area contributed by atoms with Gasteiger partial charge in [0.2, 0.25) is 0 Å². The first kappa shape index (κ1) is 11.6. The van der Waals surface area contributed by atoms with Crippen molar-refractivity contribution >= 4 is 0 Å². The quantitative estimate of drug-likeness (QED) is 0.672. The Balaban J connectivity index is 2.53. The van der Waals surface area contributed by atoms with Crippen molar-refractivity contribution in [2.45, 2.75) is 63.6 Å². The van der Waals surface area contributed by atoms with E-state index in [-0.39, 0.29) is 17.7 Å². The normalized spacial score (nSPS) is 31.9. The second-order valence-corrected chi connectivity index (χ2v) is 4.43. The molecule has 3 unspecified atom stereocenters. The van der Waals surface area contributed by atoms with Crippen LogP contribution in [0.25, 0.3) is 0 Å². The summed E-state index contributed by atoms with van der Waals surface area (Å²) >= 11 is 0. The summed E-state index contributed by atoms with van der Waals surface area (Å²) in [5, 5.41) is 13.2. The minimum Gasteiger partial charge on any atom is -0.392 e. The highest BCUT2D eigenvalue weighted by Crippen LogP contribution is 2.21. The van der Waals surface area contributed by atoms with Crippen molar-refractivity contribution in [2.24, 2.45) is 0 Å². The fraction of sp³-hybridized carbons (Fsp3) is 0.833. The van der Waals surface area contributed by atoms with Gasteiger partial charge in [-0.15, -0.1) is 6.42 Å². The van der Waals surface area contributed by atoms with Gasteiger partial charge in [-0.1, -0.05) is 25.7 Å². The molecule has 1 saturated carbocycles. The molecule has 1 aliphatic carbocycles. The van der Waals surface area contributed by atoms with E-state index >= 15 is 0 Å². The predicted molar refractivity (Wildman–Crippen MR) is 58.9 cm³/mol. The zero-order chi connectivity index (χ0) is 10.6. The summed E-state index contributed by atoms with van der Waals surface area (Å²) in [5.74, 6) is 2.77. The Hall–Kier alpha value is -0.520. The van der Waals surface area contributed by atoms with Crippen LogP contribution < -0.4 is 5.32 Å². The molecule has 80 valence electrons. The molecule has 0 aromatic heterocycles. The number of hydrogen-bond acceptors (Lipinski definition) is 2. The Morgan fingerprint density at radius 3 is 2.64 bits per heavy atom. The van der Waals surface area contributed by atoms with Crippen molar-refractivity contribution < 1.29 is 5.11 Å². The topological polar surface area (TPSA) is 32.3 Å². The van der Waals surface area contributed by atoms with Gasteiger partial charge in [0.15, 0.2) is 0 Å². The standard InChI is InChI=1S/C12H21NO/c1-4-12(3,5-2)13-10-8-6-7-9-11(10)14/h1,10-11,13-14H,5-9H2,2-3H3. The highest BCUT2D eigenvalue weighted by molar-refractivity contribution is 5.11. The lowest BCUT2D eigenvalue weighted by Crippen LogP contribution is -2.52.